The Hall–Kier alpha value is -2.26. The highest BCUT2D eigenvalue weighted by molar-refractivity contribution is 6.31. The van der Waals surface area contributed by atoms with Gasteiger partial charge >= 0.3 is 0 Å². The molecule has 0 bridgehead atoms. The Morgan fingerprint density at radius 2 is 1.86 bits per heavy atom. The van der Waals surface area contributed by atoms with Crippen LogP contribution in [0.2, 0.25) is 5.02 Å². The zero-order valence-corrected chi connectivity index (χ0v) is 12.6. The maximum Gasteiger partial charge on any atom is 0.230 e. The third-order valence-electron chi connectivity index (χ3n) is 3.45. The first-order valence-corrected chi connectivity index (χ1v) is 7.03. The summed E-state index contributed by atoms with van der Waals surface area (Å²) < 4.78 is 5.22. The van der Waals surface area contributed by atoms with E-state index >= 15 is 0 Å². The molecule has 2 N–H and O–H groups in total. The van der Waals surface area contributed by atoms with Crippen LogP contribution in [0.15, 0.2) is 47.0 Å². The van der Waals surface area contributed by atoms with Crippen molar-refractivity contribution in [3.05, 3.63) is 58.6 Å². The van der Waals surface area contributed by atoms with Crippen molar-refractivity contribution < 1.29 is 4.52 Å². The van der Waals surface area contributed by atoms with Crippen molar-refractivity contribution in [1.29, 1.82) is 0 Å². The molecule has 1 heterocycles. The Morgan fingerprint density at radius 3 is 2.57 bits per heavy atom. The topological polar surface area (TPSA) is 52.0 Å². The number of anilines is 1. The van der Waals surface area contributed by atoms with Crippen LogP contribution in [0.4, 0.5) is 5.88 Å². The molecule has 3 aromatic rings. The Labute approximate surface area is 128 Å². The van der Waals surface area contributed by atoms with Gasteiger partial charge in [0.25, 0.3) is 0 Å². The van der Waals surface area contributed by atoms with Crippen LogP contribution >= 0.6 is 11.6 Å². The molecule has 0 fully saturated rings. The van der Waals surface area contributed by atoms with Crippen LogP contribution in [-0.2, 0) is 0 Å². The van der Waals surface area contributed by atoms with Crippen LogP contribution in [0, 0.1) is 13.8 Å². The number of hydrogen-bond donors (Lipinski definition) is 1. The maximum atomic E-state index is 6.15. The SMILES string of the molecule is Cc1cc(Cl)cc(-c2noc(N)c2-c2ccccc2C)c1. The molecule has 0 saturated heterocycles. The van der Waals surface area contributed by atoms with Gasteiger partial charge in [0, 0.05) is 10.6 Å². The molecule has 0 aliphatic heterocycles. The van der Waals surface area contributed by atoms with Gasteiger partial charge in [-0.2, -0.15) is 0 Å². The quantitative estimate of drug-likeness (QED) is 0.735. The molecule has 0 amide bonds. The van der Waals surface area contributed by atoms with E-state index in [1.54, 1.807) is 0 Å². The number of aryl methyl sites for hydroxylation is 2. The van der Waals surface area contributed by atoms with E-state index in [-0.39, 0.29) is 0 Å². The maximum absolute atomic E-state index is 6.15. The van der Waals surface area contributed by atoms with Crippen LogP contribution in [0.1, 0.15) is 11.1 Å². The molecule has 0 radical (unpaired) electrons. The molecule has 0 saturated carbocycles. The molecule has 4 heteroatoms. The summed E-state index contributed by atoms with van der Waals surface area (Å²) in [5, 5.41) is 4.80. The third-order valence-corrected chi connectivity index (χ3v) is 3.67. The summed E-state index contributed by atoms with van der Waals surface area (Å²) in [5.74, 6) is 0.317. The molecule has 3 rings (SSSR count). The summed E-state index contributed by atoms with van der Waals surface area (Å²) >= 11 is 6.15. The minimum Gasteiger partial charge on any atom is -0.367 e. The molecule has 0 aliphatic rings. The average molecular weight is 299 g/mol. The molecule has 0 atom stereocenters. The Morgan fingerprint density at radius 1 is 1.10 bits per heavy atom. The van der Waals surface area contributed by atoms with E-state index in [4.69, 9.17) is 21.9 Å². The molecule has 21 heavy (non-hydrogen) atoms. The Kier molecular flexibility index (Phi) is 3.43. The van der Waals surface area contributed by atoms with E-state index in [9.17, 15) is 0 Å². The van der Waals surface area contributed by atoms with Crippen molar-refractivity contribution in [1.82, 2.24) is 5.16 Å². The zero-order chi connectivity index (χ0) is 15.0. The van der Waals surface area contributed by atoms with Crippen molar-refractivity contribution in [3.63, 3.8) is 0 Å². The third kappa shape index (κ3) is 2.52. The van der Waals surface area contributed by atoms with Crippen molar-refractivity contribution in [3.8, 4) is 22.4 Å². The van der Waals surface area contributed by atoms with Crippen LogP contribution in [-0.4, -0.2) is 5.16 Å². The highest BCUT2D eigenvalue weighted by Crippen LogP contribution is 2.38. The summed E-state index contributed by atoms with van der Waals surface area (Å²) in [7, 11) is 0. The van der Waals surface area contributed by atoms with Gasteiger partial charge in [0.05, 0.1) is 5.56 Å². The molecular weight excluding hydrogens is 284 g/mol. The summed E-state index contributed by atoms with van der Waals surface area (Å²) in [6.45, 7) is 4.03. The number of benzene rings is 2. The highest BCUT2D eigenvalue weighted by Gasteiger charge is 2.19. The number of hydrogen-bond acceptors (Lipinski definition) is 3. The van der Waals surface area contributed by atoms with E-state index in [2.05, 4.69) is 5.16 Å². The van der Waals surface area contributed by atoms with E-state index in [0.717, 1.165) is 27.8 Å². The number of nitrogen functional groups attached to an aromatic ring is 1. The average Bonchev–Trinajstić information content (AvgIpc) is 2.80. The minimum atomic E-state index is 0.317. The zero-order valence-electron chi connectivity index (χ0n) is 11.9. The first-order chi connectivity index (χ1) is 10.1. The highest BCUT2D eigenvalue weighted by atomic mass is 35.5. The molecule has 0 unspecified atom stereocenters. The molecule has 0 spiro atoms. The monoisotopic (exact) mass is 298 g/mol. The predicted molar refractivity (Wildman–Crippen MR) is 86.3 cm³/mol. The number of halogens is 1. The Balaban J connectivity index is 2.24. The largest absolute Gasteiger partial charge is 0.367 e. The smallest absolute Gasteiger partial charge is 0.230 e. The minimum absolute atomic E-state index is 0.317. The number of nitrogens with zero attached hydrogens (tertiary/aromatic N) is 1. The van der Waals surface area contributed by atoms with E-state index in [1.807, 2.05) is 56.3 Å². The van der Waals surface area contributed by atoms with Crippen molar-refractivity contribution in [2.24, 2.45) is 0 Å². The standard InChI is InChI=1S/C17H15ClN2O/c1-10-7-12(9-13(18)8-10)16-15(17(19)21-20-16)14-6-4-3-5-11(14)2/h3-9H,19H2,1-2H3. The first kappa shape index (κ1) is 13.7. The van der Waals surface area contributed by atoms with Crippen molar-refractivity contribution in [2.45, 2.75) is 13.8 Å². The summed E-state index contributed by atoms with van der Waals surface area (Å²) in [4.78, 5) is 0. The fraction of sp³-hybridized carbons (Fsp3) is 0.118. The van der Waals surface area contributed by atoms with Gasteiger partial charge in [0.1, 0.15) is 5.69 Å². The van der Waals surface area contributed by atoms with Gasteiger partial charge < -0.3 is 10.3 Å². The fourth-order valence-electron chi connectivity index (χ4n) is 2.49. The lowest BCUT2D eigenvalue weighted by Gasteiger charge is -2.07. The first-order valence-electron chi connectivity index (χ1n) is 6.65. The van der Waals surface area contributed by atoms with Gasteiger partial charge in [-0.1, -0.05) is 41.0 Å². The number of nitrogens with two attached hydrogens (primary N) is 1. The fourth-order valence-corrected chi connectivity index (χ4v) is 2.78. The second-order valence-corrected chi connectivity index (χ2v) is 5.54. The van der Waals surface area contributed by atoms with Gasteiger partial charge in [0.15, 0.2) is 0 Å². The molecule has 106 valence electrons. The van der Waals surface area contributed by atoms with Crippen molar-refractivity contribution >= 4 is 17.5 Å². The number of aromatic nitrogens is 1. The van der Waals surface area contributed by atoms with Gasteiger partial charge in [-0.15, -0.1) is 0 Å². The summed E-state index contributed by atoms with van der Waals surface area (Å²) in [6.07, 6.45) is 0. The van der Waals surface area contributed by atoms with Crippen LogP contribution in [0.3, 0.4) is 0 Å². The second kappa shape index (κ2) is 5.26. The lowest BCUT2D eigenvalue weighted by Crippen LogP contribution is -1.90. The van der Waals surface area contributed by atoms with E-state index in [1.165, 1.54) is 0 Å². The molecular formula is C17H15ClN2O. The molecule has 1 aromatic heterocycles. The number of rotatable bonds is 2. The summed E-state index contributed by atoms with van der Waals surface area (Å²) in [6, 6.07) is 13.8. The van der Waals surface area contributed by atoms with E-state index in [0.29, 0.717) is 16.6 Å². The van der Waals surface area contributed by atoms with Crippen molar-refractivity contribution in [2.75, 3.05) is 5.73 Å². The summed E-state index contributed by atoms with van der Waals surface area (Å²) in [5.41, 5.74) is 11.6. The lowest BCUT2D eigenvalue weighted by atomic mass is 9.97. The predicted octanol–water partition coefficient (Wildman–Crippen LogP) is 4.86. The van der Waals surface area contributed by atoms with Gasteiger partial charge in [0.2, 0.25) is 5.88 Å². The van der Waals surface area contributed by atoms with Gasteiger partial charge in [-0.3, -0.25) is 0 Å². The lowest BCUT2D eigenvalue weighted by molar-refractivity contribution is 0.439. The van der Waals surface area contributed by atoms with Crippen LogP contribution in [0.25, 0.3) is 22.4 Å². The van der Waals surface area contributed by atoms with Gasteiger partial charge in [-0.05, 0) is 48.7 Å². The van der Waals surface area contributed by atoms with Crippen LogP contribution in [0.5, 0.6) is 0 Å². The Bertz CT molecular complexity index is 788. The normalized spacial score (nSPS) is 10.8. The molecule has 2 aromatic carbocycles. The van der Waals surface area contributed by atoms with Crippen LogP contribution < -0.4 is 5.73 Å². The molecule has 3 nitrogen and oxygen atoms in total. The second-order valence-electron chi connectivity index (χ2n) is 5.10. The van der Waals surface area contributed by atoms with E-state index < -0.39 is 0 Å². The van der Waals surface area contributed by atoms with Gasteiger partial charge in [-0.25, -0.2) is 0 Å². The molecule has 0 aliphatic carbocycles.